The van der Waals surface area contributed by atoms with Crippen LogP contribution in [0.15, 0.2) is 54.6 Å². The highest BCUT2D eigenvalue weighted by Gasteiger charge is 2.25. The Morgan fingerprint density at radius 2 is 1.70 bits per heavy atom. The van der Waals surface area contributed by atoms with Crippen LogP contribution in [0.4, 0.5) is 5.69 Å². The molecule has 0 radical (unpaired) electrons. The molecule has 0 spiro atoms. The first-order valence-corrected chi connectivity index (χ1v) is 11.5. The summed E-state index contributed by atoms with van der Waals surface area (Å²) in [5, 5.41) is 8.92. The Kier molecular flexibility index (Phi) is 9.13. The fourth-order valence-electron chi connectivity index (χ4n) is 3.90. The van der Waals surface area contributed by atoms with Crippen LogP contribution in [-0.2, 0) is 9.59 Å². The molecule has 7 nitrogen and oxygen atoms in total. The number of likely N-dealkylation sites (tertiary alicyclic amines) is 1. The minimum atomic E-state index is -0.143. The highest BCUT2D eigenvalue weighted by Crippen LogP contribution is 2.29. The third-order valence-corrected chi connectivity index (χ3v) is 5.61. The van der Waals surface area contributed by atoms with E-state index in [0.29, 0.717) is 26.2 Å². The van der Waals surface area contributed by atoms with E-state index in [1.165, 1.54) is 0 Å². The van der Waals surface area contributed by atoms with E-state index in [1.807, 2.05) is 66.4 Å². The van der Waals surface area contributed by atoms with Crippen molar-refractivity contribution in [3.8, 4) is 17.6 Å². The Morgan fingerprint density at radius 3 is 2.36 bits per heavy atom. The highest BCUT2D eigenvalue weighted by molar-refractivity contribution is 5.95. The quantitative estimate of drug-likeness (QED) is 0.543. The lowest BCUT2D eigenvalue weighted by Crippen LogP contribution is -2.42. The Labute approximate surface area is 195 Å². The van der Waals surface area contributed by atoms with E-state index in [2.05, 4.69) is 6.07 Å². The van der Waals surface area contributed by atoms with Crippen molar-refractivity contribution < 1.29 is 19.1 Å². The van der Waals surface area contributed by atoms with Crippen molar-refractivity contribution in [3.63, 3.8) is 0 Å². The average molecular weight is 450 g/mol. The number of para-hydroxylation sites is 3. The Balaban J connectivity index is 1.48. The summed E-state index contributed by atoms with van der Waals surface area (Å²) in [5.41, 5.74) is 0.746. The predicted molar refractivity (Wildman–Crippen MR) is 126 cm³/mol. The minimum Gasteiger partial charge on any atom is -0.490 e. The van der Waals surface area contributed by atoms with E-state index < -0.39 is 0 Å². The number of piperidine rings is 1. The first-order valence-electron chi connectivity index (χ1n) is 11.5. The van der Waals surface area contributed by atoms with Gasteiger partial charge in [-0.1, -0.05) is 30.3 Å². The topological polar surface area (TPSA) is 82.9 Å². The lowest BCUT2D eigenvalue weighted by molar-refractivity contribution is -0.134. The van der Waals surface area contributed by atoms with Crippen molar-refractivity contribution in [2.75, 3.05) is 31.1 Å². The molecule has 2 aromatic carbocycles. The second-order valence-corrected chi connectivity index (χ2v) is 7.87. The van der Waals surface area contributed by atoms with E-state index in [4.69, 9.17) is 14.7 Å². The lowest BCUT2D eigenvalue weighted by atomic mass is 10.1. The summed E-state index contributed by atoms with van der Waals surface area (Å²) in [4.78, 5) is 28.9. The number of rotatable bonds is 10. The molecule has 174 valence electrons. The number of nitriles is 1. The fraction of sp³-hybridized carbons (Fsp3) is 0.423. The van der Waals surface area contributed by atoms with Gasteiger partial charge in [-0.3, -0.25) is 9.59 Å². The summed E-state index contributed by atoms with van der Waals surface area (Å²) in [7, 11) is 0. The van der Waals surface area contributed by atoms with E-state index in [-0.39, 0.29) is 37.2 Å². The number of benzene rings is 2. The van der Waals surface area contributed by atoms with Crippen LogP contribution in [-0.4, -0.2) is 49.1 Å². The maximum atomic E-state index is 12.8. The van der Waals surface area contributed by atoms with E-state index in [0.717, 1.165) is 30.0 Å². The molecule has 0 unspecified atom stereocenters. The standard InChI is InChI=1S/C26H31N3O4/c1-2-32-23-11-6-7-12-24(23)33-22-15-19-28(20-16-22)25(30)13-14-26(31)29(18-8-17-27)21-9-4-3-5-10-21/h3-7,9-12,22H,2,8,13-16,18-20H2,1H3. The van der Waals surface area contributed by atoms with Gasteiger partial charge in [-0.05, 0) is 31.2 Å². The van der Waals surface area contributed by atoms with Crippen LogP contribution in [0, 0.1) is 11.3 Å². The molecular formula is C26H31N3O4. The third kappa shape index (κ3) is 6.98. The molecule has 0 atom stereocenters. The predicted octanol–water partition coefficient (Wildman–Crippen LogP) is 4.18. The molecule has 7 heteroatoms. The summed E-state index contributed by atoms with van der Waals surface area (Å²) < 4.78 is 11.8. The fourth-order valence-corrected chi connectivity index (χ4v) is 3.90. The van der Waals surface area contributed by atoms with Crippen LogP contribution in [0.5, 0.6) is 11.5 Å². The molecular weight excluding hydrogens is 418 g/mol. The van der Waals surface area contributed by atoms with Gasteiger partial charge in [0.05, 0.1) is 19.1 Å². The smallest absolute Gasteiger partial charge is 0.227 e. The van der Waals surface area contributed by atoms with E-state index in [9.17, 15) is 9.59 Å². The molecule has 0 bridgehead atoms. The van der Waals surface area contributed by atoms with Gasteiger partial charge in [0, 0.05) is 51.0 Å². The largest absolute Gasteiger partial charge is 0.490 e. The number of hydrogen-bond acceptors (Lipinski definition) is 5. The molecule has 1 heterocycles. The second-order valence-electron chi connectivity index (χ2n) is 7.87. The Hall–Kier alpha value is -3.53. The molecule has 1 aliphatic rings. The molecule has 1 aliphatic heterocycles. The van der Waals surface area contributed by atoms with Crippen molar-refractivity contribution >= 4 is 17.5 Å². The summed E-state index contributed by atoms with van der Waals surface area (Å²) in [6.45, 7) is 4.04. The molecule has 1 fully saturated rings. The zero-order chi connectivity index (χ0) is 23.5. The summed E-state index contributed by atoms with van der Waals surface area (Å²) in [5.74, 6) is 1.30. The second kappa shape index (κ2) is 12.5. The number of carbonyl (C=O) groups is 2. The van der Waals surface area contributed by atoms with Gasteiger partial charge in [0.2, 0.25) is 11.8 Å². The van der Waals surface area contributed by atoms with E-state index in [1.54, 1.807) is 4.90 Å². The third-order valence-electron chi connectivity index (χ3n) is 5.61. The van der Waals surface area contributed by atoms with Crippen molar-refractivity contribution in [1.82, 2.24) is 4.90 Å². The number of ether oxygens (including phenoxy) is 2. The number of carbonyl (C=O) groups excluding carboxylic acids is 2. The first-order chi connectivity index (χ1) is 16.1. The normalized spacial score (nSPS) is 13.8. The van der Waals surface area contributed by atoms with Crippen molar-refractivity contribution in [2.45, 2.75) is 45.1 Å². The molecule has 2 aromatic rings. The number of nitrogens with zero attached hydrogens (tertiary/aromatic N) is 3. The molecule has 1 saturated heterocycles. The number of hydrogen-bond donors (Lipinski definition) is 0. The van der Waals surface area contributed by atoms with Gasteiger partial charge in [0.1, 0.15) is 6.10 Å². The van der Waals surface area contributed by atoms with Crippen LogP contribution in [0.1, 0.15) is 39.0 Å². The van der Waals surface area contributed by atoms with Crippen LogP contribution in [0.25, 0.3) is 0 Å². The summed E-state index contributed by atoms with van der Waals surface area (Å²) in [6, 6.07) is 19.0. The van der Waals surface area contributed by atoms with Crippen molar-refractivity contribution in [1.29, 1.82) is 5.26 Å². The van der Waals surface area contributed by atoms with Gasteiger partial charge in [-0.15, -0.1) is 0 Å². The Bertz CT molecular complexity index is 950. The average Bonchev–Trinajstić information content (AvgIpc) is 2.85. The number of amides is 2. The molecule has 0 saturated carbocycles. The molecule has 0 N–H and O–H groups in total. The zero-order valence-electron chi connectivity index (χ0n) is 19.1. The maximum Gasteiger partial charge on any atom is 0.227 e. The van der Waals surface area contributed by atoms with Gasteiger partial charge in [0.15, 0.2) is 11.5 Å². The van der Waals surface area contributed by atoms with Gasteiger partial charge in [0.25, 0.3) is 0 Å². The van der Waals surface area contributed by atoms with Gasteiger partial charge in [-0.25, -0.2) is 0 Å². The molecule has 2 amide bonds. The monoisotopic (exact) mass is 449 g/mol. The molecule has 0 aliphatic carbocycles. The van der Waals surface area contributed by atoms with Crippen LogP contribution < -0.4 is 14.4 Å². The molecule has 33 heavy (non-hydrogen) atoms. The van der Waals surface area contributed by atoms with E-state index >= 15 is 0 Å². The van der Waals surface area contributed by atoms with Crippen molar-refractivity contribution in [3.05, 3.63) is 54.6 Å². The minimum absolute atomic E-state index is 0.0233. The zero-order valence-corrected chi connectivity index (χ0v) is 19.1. The van der Waals surface area contributed by atoms with Crippen LogP contribution >= 0.6 is 0 Å². The lowest BCUT2D eigenvalue weighted by Gasteiger charge is -2.32. The van der Waals surface area contributed by atoms with Crippen LogP contribution in [0.2, 0.25) is 0 Å². The Morgan fingerprint density at radius 1 is 1.03 bits per heavy atom. The highest BCUT2D eigenvalue weighted by atomic mass is 16.5. The maximum absolute atomic E-state index is 12.8. The van der Waals surface area contributed by atoms with Crippen LogP contribution in [0.3, 0.4) is 0 Å². The molecule has 0 aromatic heterocycles. The summed E-state index contributed by atoms with van der Waals surface area (Å²) in [6.07, 6.45) is 2.02. The van der Waals surface area contributed by atoms with Gasteiger partial charge >= 0.3 is 0 Å². The SMILES string of the molecule is CCOc1ccccc1OC1CCN(C(=O)CCC(=O)N(CCC#N)c2ccccc2)CC1. The summed E-state index contributed by atoms with van der Waals surface area (Å²) >= 11 is 0. The molecule has 3 rings (SSSR count). The van der Waals surface area contributed by atoms with Crippen molar-refractivity contribution in [2.24, 2.45) is 0 Å². The van der Waals surface area contributed by atoms with Gasteiger partial charge < -0.3 is 19.3 Å². The van der Waals surface area contributed by atoms with Gasteiger partial charge in [-0.2, -0.15) is 5.26 Å². The first kappa shape index (κ1) is 24.1. The number of anilines is 1.